The Morgan fingerprint density at radius 3 is 2.20 bits per heavy atom. The number of amides is 2. The largest absolute Gasteiger partial charge is 0.548 e. The maximum Gasteiger partial charge on any atom is 0.410 e. The van der Waals surface area contributed by atoms with Gasteiger partial charge in [0.15, 0.2) is 0 Å². The SMILES string of the molecule is CC[C@@H](C)[C@H](NC(=O)C1(c2ccccc2)CCN(C(=O)OC(C)(C)C)CC1)C(=O)[O-]. The van der Waals surface area contributed by atoms with E-state index >= 15 is 0 Å². The highest BCUT2D eigenvalue weighted by Gasteiger charge is 2.45. The third-order valence-corrected chi connectivity index (χ3v) is 5.78. The van der Waals surface area contributed by atoms with E-state index in [-0.39, 0.29) is 11.8 Å². The van der Waals surface area contributed by atoms with Crippen molar-refractivity contribution in [3.63, 3.8) is 0 Å². The Bertz CT molecular complexity index is 749. The normalized spacial score (nSPS) is 18.2. The zero-order valence-electron chi connectivity index (χ0n) is 18.6. The first-order valence-corrected chi connectivity index (χ1v) is 10.6. The van der Waals surface area contributed by atoms with Gasteiger partial charge in [0, 0.05) is 13.1 Å². The Labute approximate surface area is 178 Å². The molecule has 1 fully saturated rings. The smallest absolute Gasteiger partial charge is 0.410 e. The number of carboxylic acids is 1. The van der Waals surface area contributed by atoms with Gasteiger partial charge in [-0.25, -0.2) is 4.79 Å². The van der Waals surface area contributed by atoms with Crippen LogP contribution in [0.1, 0.15) is 59.4 Å². The molecule has 166 valence electrons. The van der Waals surface area contributed by atoms with Crippen molar-refractivity contribution in [3.05, 3.63) is 35.9 Å². The summed E-state index contributed by atoms with van der Waals surface area (Å²) in [5.74, 6) is -1.88. The van der Waals surface area contributed by atoms with E-state index in [4.69, 9.17) is 4.74 Å². The molecular formula is C23H33N2O5-. The van der Waals surface area contributed by atoms with Crippen molar-refractivity contribution >= 4 is 18.0 Å². The van der Waals surface area contributed by atoms with E-state index in [1.165, 1.54) is 0 Å². The van der Waals surface area contributed by atoms with Crippen molar-refractivity contribution in [2.24, 2.45) is 5.92 Å². The number of carbonyl (C=O) groups is 3. The van der Waals surface area contributed by atoms with Gasteiger partial charge in [0.2, 0.25) is 5.91 Å². The minimum Gasteiger partial charge on any atom is -0.548 e. The molecule has 1 heterocycles. The van der Waals surface area contributed by atoms with E-state index in [9.17, 15) is 19.5 Å². The van der Waals surface area contributed by atoms with Gasteiger partial charge in [-0.3, -0.25) is 4.79 Å². The lowest BCUT2D eigenvalue weighted by molar-refractivity contribution is -0.309. The van der Waals surface area contributed by atoms with Crippen molar-refractivity contribution in [3.8, 4) is 0 Å². The van der Waals surface area contributed by atoms with Gasteiger partial charge in [-0.1, -0.05) is 50.6 Å². The third-order valence-electron chi connectivity index (χ3n) is 5.78. The standard InChI is InChI=1S/C23H34N2O5/c1-6-16(2)18(19(26)27)24-20(28)23(17-10-8-7-9-11-17)12-14-25(15-13-23)21(29)30-22(3,4)5/h7-11,16,18H,6,12-15H2,1-5H3,(H,24,28)(H,26,27)/p-1/t16-,18+/m1/s1. The summed E-state index contributed by atoms with van der Waals surface area (Å²) in [7, 11) is 0. The Hall–Kier alpha value is -2.57. The topological polar surface area (TPSA) is 98.8 Å². The molecule has 1 aromatic rings. The van der Waals surface area contributed by atoms with Crippen LogP contribution >= 0.6 is 0 Å². The van der Waals surface area contributed by atoms with Gasteiger partial charge in [0.25, 0.3) is 0 Å². The van der Waals surface area contributed by atoms with Gasteiger partial charge in [-0.05, 0) is 45.1 Å². The van der Waals surface area contributed by atoms with Crippen LogP contribution in [0.25, 0.3) is 0 Å². The number of benzene rings is 1. The molecule has 1 saturated heterocycles. The van der Waals surface area contributed by atoms with Crippen molar-refractivity contribution in [1.82, 2.24) is 10.2 Å². The van der Waals surface area contributed by atoms with Gasteiger partial charge in [-0.2, -0.15) is 0 Å². The van der Waals surface area contributed by atoms with Gasteiger partial charge in [0.05, 0.1) is 17.4 Å². The molecule has 2 atom stereocenters. The van der Waals surface area contributed by atoms with Crippen LogP contribution in [0, 0.1) is 5.92 Å². The minimum atomic E-state index is -1.29. The first kappa shape index (κ1) is 23.7. The van der Waals surface area contributed by atoms with Crippen LogP contribution in [0.3, 0.4) is 0 Å². The van der Waals surface area contributed by atoms with Crippen LogP contribution in [0.4, 0.5) is 4.79 Å². The quantitative estimate of drug-likeness (QED) is 0.765. The predicted octanol–water partition coefficient (Wildman–Crippen LogP) is 2.24. The molecule has 2 rings (SSSR count). The zero-order chi connectivity index (χ0) is 22.5. The van der Waals surface area contributed by atoms with Gasteiger partial charge in [0.1, 0.15) is 5.60 Å². The molecule has 2 amide bonds. The second-order valence-electron chi connectivity index (χ2n) is 9.07. The molecule has 0 aromatic heterocycles. The number of piperidine rings is 1. The molecule has 0 spiro atoms. The molecule has 0 aliphatic carbocycles. The molecule has 7 heteroatoms. The number of hydrogen-bond acceptors (Lipinski definition) is 5. The van der Waals surface area contributed by atoms with Crippen molar-refractivity contribution < 1.29 is 24.2 Å². The molecule has 0 radical (unpaired) electrons. The van der Waals surface area contributed by atoms with Crippen LogP contribution in [0.5, 0.6) is 0 Å². The third kappa shape index (κ3) is 5.52. The Morgan fingerprint density at radius 2 is 1.73 bits per heavy atom. The molecular weight excluding hydrogens is 384 g/mol. The van der Waals surface area contributed by atoms with Crippen LogP contribution in [0.15, 0.2) is 30.3 Å². The first-order chi connectivity index (χ1) is 14.0. The monoisotopic (exact) mass is 417 g/mol. The summed E-state index contributed by atoms with van der Waals surface area (Å²) in [6.07, 6.45) is 0.950. The first-order valence-electron chi connectivity index (χ1n) is 10.6. The van der Waals surface area contributed by atoms with E-state index in [1.807, 2.05) is 58.0 Å². The number of likely N-dealkylation sites (tertiary alicyclic amines) is 1. The maximum atomic E-state index is 13.4. The van der Waals surface area contributed by atoms with Crippen LogP contribution in [-0.4, -0.2) is 47.6 Å². The molecule has 0 bridgehead atoms. The van der Waals surface area contributed by atoms with Gasteiger partial charge >= 0.3 is 6.09 Å². The number of ether oxygens (including phenoxy) is 1. The Kier molecular flexibility index (Phi) is 7.50. The lowest BCUT2D eigenvalue weighted by Gasteiger charge is -2.42. The number of rotatable bonds is 6. The lowest BCUT2D eigenvalue weighted by Crippen LogP contribution is -2.59. The molecule has 1 aliphatic heterocycles. The number of nitrogens with one attached hydrogen (secondary N) is 1. The van der Waals surface area contributed by atoms with E-state index in [0.717, 1.165) is 5.56 Å². The van der Waals surface area contributed by atoms with Crippen LogP contribution in [-0.2, 0) is 19.7 Å². The van der Waals surface area contributed by atoms with Crippen molar-refractivity contribution in [1.29, 1.82) is 0 Å². The Balaban J connectivity index is 2.26. The van der Waals surface area contributed by atoms with Gasteiger partial charge in [-0.15, -0.1) is 0 Å². The predicted molar refractivity (Wildman–Crippen MR) is 112 cm³/mol. The lowest BCUT2D eigenvalue weighted by atomic mass is 9.71. The molecule has 1 aliphatic rings. The zero-order valence-corrected chi connectivity index (χ0v) is 18.6. The fourth-order valence-corrected chi connectivity index (χ4v) is 3.75. The summed E-state index contributed by atoms with van der Waals surface area (Å²) in [5.41, 5.74) is -0.700. The number of aliphatic carboxylic acids is 1. The summed E-state index contributed by atoms with van der Waals surface area (Å²) in [4.78, 5) is 39.1. The van der Waals surface area contributed by atoms with E-state index in [0.29, 0.717) is 32.4 Å². The van der Waals surface area contributed by atoms with E-state index in [1.54, 1.807) is 11.8 Å². The van der Waals surface area contributed by atoms with Crippen LogP contribution in [0.2, 0.25) is 0 Å². The van der Waals surface area contributed by atoms with E-state index in [2.05, 4.69) is 5.32 Å². The number of carboxylic acid groups (broad SMARTS) is 1. The number of carbonyl (C=O) groups excluding carboxylic acids is 3. The van der Waals surface area contributed by atoms with Crippen molar-refractivity contribution in [2.45, 2.75) is 70.9 Å². The molecule has 0 saturated carbocycles. The van der Waals surface area contributed by atoms with E-state index < -0.39 is 29.1 Å². The number of hydrogen-bond donors (Lipinski definition) is 1. The summed E-state index contributed by atoms with van der Waals surface area (Å²) in [6.45, 7) is 9.77. The average Bonchev–Trinajstić information content (AvgIpc) is 2.70. The summed E-state index contributed by atoms with van der Waals surface area (Å²) >= 11 is 0. The molecule has 0 unspecified atom stereocenters. The second kappa shape index (κ2) is 9.49. The fraction of sp³-hybridized carbons (Fsp3) is 0.609. The highest BCUT2D eigenvalue weighted by Crippen LogP contribution is 2.36. The van der Waals surface area contributed by atoms with Gasteiger partial charge < -0.3 is 24.9 Å². The Morgan fingerprint density at radius 1 is 1.17 bits per heavy atom. The summed E-state index contributed by atoms with van der Waals surface area (Å²) in [6, 6.07) is 8.27. The summed E-state index contributed by atoms with van der Waals surface area (Å²) in [5, 5.41) is 14.4. The maximum absolute atomic E-state index is 13.4. The highest BCUT2D eigenvalue weighted by atomic mass is 16.6. The molecule has 7 nitrogen and oxygen atoms in total. The second-order valence-corrected chi connectivity index (χ2v) is 9.07. The highest BCUT2D eigenvalue weighted by molar-refractivity contribution is 5.91. The summed E-state index contributed by atoms with van der Waals surface area (Å²) < 4.78 is 5.45. The van der Waals surface area contributed by atoms with Crippen molar-refractivity contribution in [2.75, 3.05) is 13.1 Å². The van der Waals surface area contributed by atoms with Crippen LogP contribution < -0.4 is 10.4 Å². The molecule has 1 N–H and O–H groups in total. The number of nitrogens with zero attached hydrogens (tertiary/aromatic N) is 1. The minimum absolute atomic E-state index is 0.256. The molecule has 30 heavy (non-hydrogen) atoms. The molecule has 1 aromatic carbocycles. The average molecular weight is 418 g/mol. The fourth-order valence-electron chi connectivity index (χ4n) is 3.75.